The Morgan fingerprint density at radius 2 is 1.53 bits per heavy atom. The van der Waals surface area contributed by atoms with Crippen LogP contribution >= 0.6 is 0 Å². The molecule has 0 spiro atoms. The normalized spacial score (nSPS) is 13.7. The first kappa shape index (κ1) is 37.2. The summed E-state index contributed by atoms with van der Waals surface area (Å²) in [5.74, 6) is -0.593. The summed E-state index contributed by atoms with van der Waals surface area (Å²) in [5.41, 5.74) is 5.78. The first-order chi connectivity index (χ1) is 22.1. The van der Waals surface area contributed by atoms with Gasteiger partial charge in [0, 0.05) is 38.3 Å². The van der Waals surface area contributed by atoms with Gasteiger partial charge in [-0.15, -0.1) is 0 Å². The smallest absolute Gasteiger partial charge is 0.409 e. The number of methoxy groups -OCH3 is 1. The van der Waals surface area contributed by atoms with Crippen LogP contribution in [0.15, 0.2) is 79.0 Å². The number of pyridine rings is 1. The summed E-state index contributed by atoms with van der Waals surface area (Å²) in [7, 11) is 2.79. The number of amides is 3. The third-order valence-corrected chi connectivity index (χ3v) is 7.68. The highest BCUT2D eigenvalue weighted by Crippen LogP contribution is 2.25. The average molecular weight is 646 g/mol. The van der Waals surface area contributed by atoms with Crippen molar-refractivity contribution in [3.8, 4) is 11.3 Å². The summed E-state index contributed by atoms with van der Waals surface area (Å²) in [6.45, 7) is 11.9. The van der Waals surface area contributed by atoms with Gasteiger partial charge in [0.15, 0.2) is 0 Å². The minimum absolute atomic E-state index is 0.0304. The van der Waals surface area contributed by atoms with Crippen molar-refractivity contribution >= 4 is 17.9 Å². The molecule has 3 atom stereocenters. The van der Waals surface area contributed by atoms with Crippen molar-refractivity contribution in [3.05, 3.63) is 90.1 Å². The number of rotatable bonds is 13. The minimum Gasteiger partial charge on any atom is -0.453 e. The summed E-state index contributed by atoms with van der Waals surface area (Å²) in [5, 5.41) is 16.5. The molecule has 3 N–H and O–H groups in total. The zero-order valence-electron chi connectivity index (χ0n) is 29.0. The van der Waals surface area contributed by atoms with E-state index in [0.717, 1.165) is 22.4 Å². The Kier molecular flexibility index (Phi) is 13.1. The maximum absolute atomic E-state index is 13.9. The van der Waals surface area contributed by atoms with Crippen LogP contribution in [-0.2, 0) is 27.3 Å². The van der Waals surface area contributed by atoms with E-state index in [4.69, 9.17) is 4.74 Å². The van der Waals surface area contributed by atoms with E-state index in [1.54, 1.807) is 11.2 Å². The van der Waals surface area contributed by atoms with Crippen LogP contribution in [0.1, 0.15) is 59.1 Å². The number of hydrazine groups is 1. The lowest BCUT2D eigenvalue weighted by Gasteiger charge is -2.38. The number of benzene rings is 2. The number of aliphatic hydroxyl groups is 1. The second-order valence-corrected chi connectivity index (χ2v) is 14.3. The van der Waals surface area contributed by atoms with E-state index >= 15 is 0 Å². The highest BCUT2D eigenvalue weighted by molar-refractivity contribution is 5.86. The molecule has 0 aliphatic heterocycles. The minimum atomic E-state index is -1.09. The van der Waals surface area contributed by atoms with E-state index in [1.165, 1.54) is 19.1 Å². The summed E-state index contributed by atoms with van der Waals surface area (Å²) >= 11 is 0. The fourth-order valence-corrected chi connectivity index (χ4v) is 5.55. The first-order valence-electron chi connectivity index (χ1n) is 16.0. The topological polar surface area (TPSA) is 124 Å². The number of hydrogen-bond acceptors (Lipinski definition) is 7. The van der Waals surface area contributed by atoms with Gasteiger partial charge in [0.05, 0.1) is 24.9 Å². The molecule has 3 amide bonds. The lowest BCUT2D eigenvalue weighted by Crippen LogP contribution is -2.59. The maximum atomic E-state index is 13.9. The molecule has 1 aromatic heterocycles. The summed E-state index contributed by atoms with van der Waals surface area (Å²) in [6, 6.07) is 21.6. The van der Waals surface area contributed by atoms with Crippen LogP contribution in [0, 0.1) is 10.8 Å². The molecule has 0 aliphatic carbocycles. The fourth-order valence-electron chi connectivity index (χ4n) is 5.55. The molecule has 0 radical (unpaired) electrons. The summed E-state index contributed by atoms with van der Waals surface area (Å²) in [4.78, 5) is 45.1. The number of carbonyl (C=O) groups is 3. The van der Waals surface area contributed by atoms with Gasteiger partial charge in [0.1, 0.15) is 6.04 Å². The third-order valence-electron chi connectivity index (χ3n) is 7.68. The molecule has 0 fully saturated rings. The molecule has 47 heavy (non-hydrogen) atoms. The van der Waals surface area contributed by atoms with Gasteiger partial charge < -0.3 is 15.2 Å². The van der Waals surface area contributed by atoms with E-state index in [-0.39, 0.29) is 24.3 Å². The van der Waals surface area contributed by atoms with E-state index < -0.39 is 35.6 Å². The Hall–Kier alpha value is -4.28. The van der Waals surface area contributed by atoms with Crippen molar-refractivity contribution in [1.29, 1.82) is 0 Å². The number of hydrogen-bond donors (Lipinski definition) is 3. The monoisotopic (exact) mass is 645 g/mol. The molecule has 2 aromatic carbocycles. The highest BCUT2D eigenvalue weighted by Gasteiger charge is 2.39. The first-order valence-corrected chi connectivity index (χ1v) is 16.0. The molecule has 10 heteroatoms. The van der Waals surface area contributed by atoms with Gasteiger partial charge in [-0.05, 0) is 40.5 Å². The predicted octanol–water partition coefficient (Wildman–Crippen LogP) is 5.22. The maximum Gasteiger partial charge on any atom is 0.409 e. The lowest BCUT2D eigenvalue weighted by molar-refractivity contribution is -0.132. The van der Waals surface area contributed by atoms with Crippen LogP contribution < -0.4 is 10.7 Å². The molecule has 254 valence electrons. The van der Waals surface area contributed by atoms with Crippen LogP contribution in [0.2, 0.25) is 0 Å². The summed E-state index contributed by atoms with van der Waals surface area (Å²) in [6.07, 6.45) is 0.636. The number of nitrogens with one attached hydrogen (secondary N) is 2. The van der Waals surface area contributed by atoms with E-state index in [1.807, 2.05) is 114 Å². The molecule has 0 saturated heterocycles. The van der Waals surface area contributed by atoms with Crippen LogP contribution in [0.4, 0.5) is 4.79 Å². The molecule has 1 heterocycles. The number of nitrogens with zero attached hydrogens (tertiary/aromatic N) is 3. The van der Waals surface area contributed by atoms with E-state index in [0.29, 0.717) is 13.0 Å². The number of aromatic nitrogens is 1. The van der Waals surface area contributed by atoms with Gasteiger partial charge in [-0.25, -0.2) is 9.80 Å². The van der Waals surface area contributed by atoms with Crippen molar-refractivity contribution in [1.82, 2.24) is 25.6 Å². The zero-order chi connectivity index (χ0) is 34.8. The fraction of sp³-hybridized carbons (Fsp3) is 0.459. The van der Waals surface area contributed by atoms with Gasteiger partial charge in [-0.2, -0.15) is 0 Å². The molecule has 0 bridgehead atoms. The molecule has 3 aromatic rings. The number of aliphatic hydroxyl groups excluding tert-OH is 1. The molecule has 10 nitrogen and oxygen atoms in total. The second kappa shape index (κ2) is 16.5. The predicted molar refractivity (Wildman–Crippen MR) is 184 cm³/mol. The van der Waals surface area contributed by atoms with Crippen molar-refractivity contribution < 1.29 is 24.2 Å². The Bertz CT molecular complexity index is 1440. The number of carbonyl (C=O) groups excluding carboxylic acids is 3. The van der Waals surface area contributed by atoms with Gasteiger partial charge in [-0.1, -0.05) is 102 Å². The van der Waals surface area contributed by atoms with Crippen molar-refractivity contribution in [3.63, 3.8) is 0 Å². The van der Waals surface area contributed by atoms with Crippen molar-refractivity contribution in [2.45, 2.75) is 79.1 Å². The van der Waals surface area contributed by atoms with Gasteiger partial charge >= 0.3 is 6.09 Å². The Morgan fingerprint density at radius 1 is 0.894 bits per heavy atom. The van der Waals surface area contributed by atoms with Crippen molar-refractivity contribution in [2.24, 2.45) is 10.8 Å². The van der Waals surface area contributed by atoms with Crippen molar-refractivity contribution in [2.75, 3.05) is 20.7 Å². The average Bonchev–Trinajstić information content (AvgIpc) is 3.00. The lowest BCUT2D eigenvalue weighted by atomic mass is 9.85. The standard InChI is InChI=1S/C37H51N5O5/c1-36(2,3)23-32(44)40-42(24-27-17-19-28(20-18-27)29-16-12-13-21-38-29)25-31(43)30(22-26-14-10-9-11-15-26)39-34(45)33(37(4,5)6)41(7)35(46)47-8/h9-21,30-31,33,43H,22-25H2,1-8H3,(H,39,45)(H,40,44). The van der Waals surface area contributed by atoms with E-state index in [2.05, 4.69) is 15.7 Å². The quantitative estimate of drug-likeness (QED) is 0.218. The van der Waals surface area contributed by atoms with Gasteiger partial charge in [0.25, 0.3) is 0 Å². The zero-order valence-corrected chi connectivity index (χ0v) is 29.0. The van der Waals surface area contributed by atoms with E-state index in [9.17, 15) is 19.5 Å². The third kappa shape index (κ3) is 11.8. The van der Waals surface area contributed by atoms with Crippen LogP contribution in [-0.4, -0.2) is 76.8 Å². The number of likely N-dealkylation sites (N-methyl/N-ethyl adjacent to an activating group) is 1. The summed E-state index contributed by atoms with van der Waals surface area (Å²) < 4.78 is 4.91. The van der Waals surface area contributed by atoms with Crippen LogP contribution in [0.5, 0.6) is 0 Å². The largest absolute Gasteiger partial charge is 0.453 e. The Morgan fingerprint density at radius 3 is 2.09 bits per heavy atom. The van der Waals surface area contributed by atoms with Gasteiger partial charge in [0.2, 0.25) is 11.8 Å². The molecule has 3 rings (SSSR count). The molecular formula is C37H51N5O5. The molecule has 0 aliphatic rings. The Labute approximate surface area is 279 Å². The highest BCUT2D eigenvalue weighted by atomic mass is 16.5. The molecule has 0 saturated carbocycles. The van der Waals surface area contributed by atoms with Crippen LogP contribution in [0.3, 0.4) is 0 Å². The van der Waals surface area contributed by atoms with Gasteiger partial charge in [-0.3, -0.25) is 24.9 Å². The Balaban J connectivity index is 1.89. The SMILES string of the molecule is COC(=O)N(C)C(C(=O)NC(Cc1ccccc1)C(O)CN(Cc1ccc(-c2ccccn2)cc1)NC(=O)CC(C)(C)C)C(C)(C)C. The second-order valence-electron chi connectivity index (χ2n) is 14.3. The number of ether oxygens (including phenoxy) is 1. The molecule has 3 unspecified atom stereocenters. The molecular weight excluding hydrogens is 594 g/mol. The van der Waals surface area contributed by atoms with Crippen LogP contribution in [0.25, 0.3) is 11.3 Å².